The predicted octanol–water partition coefficient (Wildman–Crippen LogP) is 2.64. The maximum atomic E-state index is 5.54. The zero-order valence-corrected chi connectivity index (χ0v) is 12.9. The second-order valence-corrected chi connectivity index (χ2v) is 5.84. The van der Waals surface area contributed by atoms with Gasteiger partial charge in [0.25, 0.3) is 0 Å². The van der Waals surface area contributed by atoms with Gasteiger partial charge in [-0.2, -0.15) is 0 Å². The second-order valence-electron chi connectivity index (χ2n) is 5.45. The molecule has 0 atom stereocenters. The Morgan fingerprint density at radius 2 is 1.74 bits per heavy atom. The van der Waals surface area contributed by atoms with Gasteiger partial charge >= 0.3 is 0 Å². The Morgan fingerprint density at radius 3 is 2.42 bits per heavy atom. The summed E-state index contributed by atoms with van der Waals surface area (Å²) in [5, 5.41) is 4.22. The summed E-state index contributed by atoms with van der Waals surface area (Å²) in [4.78, 5) is 4.63. The molecular formula is C15H23N3S. The molecule has 3 nitrogen and oxygen atoms in total. The summed E-state index contributed by atoms with van der Waals surface area (Å²) in [7, 11) is 2.17. The van der Waals surface area contributed by atoms with Gasteiger partial charge in [-0.25, -0.2) is 0 Å². The van der Waals surface area contributed by atoms with Crippen molar-refractivity contribution in [3.8, 4) is 0 Å². The van der Waals surface area contributed by atoms with E-state index in [1.165, 1.54) is 17.5 Å². The van der Waals surface area contributed by atoms with Crippen LogP contribution in [0.5, 0.6) is 0 Å². The minimum Gasteiger partial charge on any atom is -0.348 e. The standard InChI is InChI=1S/C15H23N3S/c1-12-9-13(2)11-14(10-12)16-15(19)18-6-4-5-17(3)7-8-18/h9-11H,4-8H2,1-3H3,(H,16,19). The van der Waals surface area contributed by atoms with E-state index < -0.39 is 0 Å². The summed E-state index contributed by atoms with van der Waals surface area (Å²) < 4.78 is 0. The molecule has 1 aromatic carbocycles. The molecule has 0 amide bonds. The monoisotopic (exact) mass is 277 g/mol. The molecule has 1 aromatic rings. The second kappa shape index (κ2) is 6.35. The molecule has 19 heavy (non-hydrogen) atoms. The van der Waals surface area contributed by atoms with Crippen LogP contribution in [0.25, 0.3) is 0 Å². The van der Waals surface area contributed by atoms with Gasteiger partial charge in [0.15, 0.2) is 5.11 Å². The fourth-order valence-electron chi connectivity index (χ4n) is 2.50. The molecule has 1 aliphatic heterocycles. The van der Waals surface area contributed by atoms with Gasteiger partial charge in [-0.05, 0) is 69.3 Å². The Balaban J connectivity index is 2.00. The predicted molar refractivity (Wildman–Crippen MR) is 85.8 cm³/mol. The SMILES string of the molecule is Cc1cc(C)cc(NC(=S)N2CCCN(C)CC2)c1. The van der Waals surface area contributed by atoms with Gasteiger partial charge in [-0.3, -0.25) is 0 Å². The lowest BCUT2D eigenvalue weighted by molar-refractivity contribution is 0.347. The molecule has 0 aromatic heterocycles. The molecule has 0 radical (unpaired) electrons. The van der Waals surface area contributed by atoms with Crippen LogP contribution in [-0.4, -0.2) is 48.1 Å². The third-order valence-electron chi connectivity index (χ3n) is 3.48. The number of nitrogens with one attached hydrogen (secondary N) is 1. The molecular weight excluding hydrogens is 254 g/mol. The van der Waals surface area contributed by atoms with Crippen LogP contribution in [0.1, 0.15) is 17.5 Å². The molecule has 104 valence electrons. The highest BCUT2D eigenvalue weighted by Crippen LogP contribution is 2.15. The third-order valence-corrected chi connectivity index (χ3v) is 3.84. The minimum atomic E-state index is 0.848. The van der Waals surface area contributed by atoms with Gasteiger partial charge in [-0.15, -0.1) is 0 Å². The zero-order chi connectivity index (χ0) is 13.8. The fourth-order valence-corrected chi connectivity index (χ4v) is 2.80. The highest BCUT2D eigenvalue weighted by atomic mass is 32.1. The summed E-state index contributed by atoms with van der Waals surface area (Å²) in [5.41, 5.74) is 3.63. The largest absolute Gasteiger partial charge is 0.348 e. The molecule has 1 fully saturated rings. The number of anilines is 1. The topological polar surface area (TPSA) is 18.5 Å². The Hall–Kier alpha value is -1.13. The Morgan fingerprint density at radius 1 is 1.05 bits per heavy atom. The summed E-state index contributed by atoms with van der Waals surface area (Å²) >= 11 is 5.54. The van der Waals surface area contributed by atoms with Gasteiger partial charge in [0.1, 0.15) is 0 Å². The molecule has 2 rings (SSSR count). The molecule has 4 heteroatoms. The first-order valence-corrected chi connectivity index (χ1v) is 7.28. The van der Waals surface area contributed by atoms with E-state index in [9.17, 15) is 0 Å². The van der Waals surface area contributed by atoms with E-state index in [-0.39, 0.29) is 0 Å². The number of thiocarbonyl (C=S) groups is 1. The molecule has 0 unspecified atom stereocenters. The van der Waals surface area contributed by atoms with Crippen molar-refractivity contribution in [2.24, 2.45) is 0 Å². The molecule has 0 spiro atoms. The minimum absolute atomic E-state index is 0.848. The number of hydrogen-bond donors (Lipinski definition) is 1. The van der Waals surface area contributed by atoms with E-state index >= 15 is 0 Å². The van der Waals surface area contributed by atoms with E-state index in [2.05, 4.69) is 54.2 Å². The molecule has 0 bridgehead atoms. The summed E-state index contributed by atoms with van der Waals surface area (Å²) in [6.45, 7) is 8.51. The van der Waals surface area contributed by atoms with Gasteiger partial charge in [0.2, 0.25) is 0 Å². The number of rotatable bonds is 1. The highest BCUT2D eigenvalue weighted by Gasteiger charge is 2.14. The van der Waals surface area contributed by atoms with Crippen molar-refractivity contribution in [3.05, 3.63) is 29.3 Å². The molecule has 0 saturated carbocycles. The Kier molecular flexibility index (Phi) is 4.77. The van der Waals surface area contributed by atoms with Gasteiger partial charge in [-0.1, -0.05) is 6.07 Å². The average molecular weight is 277 g/mol. The number of benzene rings is 1. The Labute approximate surface area is 121 Å². The highest BCUT2D eigenvalue weighted by molar-refractivity contribution is 7.80. The van der Waals surface area contributed by atoms with Crippen molar-refractivity contribution in [3.63, 3.8) is 0 Å². The first-order chi connectivity index (χ1) is 9.04. The number of nitrogens with zero attached hydrogens (tertiary/aromatic N) is 2. The van der Waals surface area contributed by atoms with Crippen molar-refractivity contribution < 1.29 is 0 Å². The molecule has 0 aliphatic carbocycles. The van der Waals surface area contributed by atoms with Crippen LogP contribution in [0.2, 0.25) is 0 Å². The van der Waals surface area contributed by atoms with Crippen LogP contribution >= 0.6 is 12.2 Å². The van der Waals surface area contributed by atoms with Gasteiger partial charge in [0.05, 0.1) is 0 Å². The average Bonchev–Trinajstić information content (AvgIpc) is 2.52. The molecule has 1 saturated heterocycles. The van der Waals surface area contributed by atoms with Crippen molar-refractivity contribution in [2.75, 3.05) is 38.5 Å². The lowest BCUT2D eigenvalue weighted by Crippen LogP contribution is -2.37. The van der Waals surface area contributed by atoms with Crippen LogP contribution in [0.3, 0.4) is 0 Å². The summed E-state index contributed by atoms with van der Waals surface area (Å²) in [6, 6.07) is 6.46. The third kappa shape index (κ3) is 4.18. The first kappa shape index (κ1) is 14.3. The van der Waals surface area contributed by atoms with E-state index in [1.807, 2.05) is 0 Å². The molecule has 1 N–H and O–H groups in total. The molecule has 1 aliphatic rings. The van der Waals surface area contributed by atoms with Crippen molar-refractivity contribution >= 4 is 23.0 Å². The first-order valence-electron chi connectivity index (χ1n) is 6.87. The molecule has 1 heterocycles. The van der Waals surface area contributed by atoms with Crippen molar-refractivity contribution in [1.82, 2.24) is 9.80 Å². The smallest absolute Gasteiger partial charge is 0.173 e. The van der Waals surface area contributed by atoms with Crippen molar-refractivity contribution in [1.29, 1.82) is 0 Å². The van der Waals surface area contributed by atoms with Crippen LogP contribution in [0.4, 0.5) is 5.69 Å². The van der Waals surface area contributed by atoms with Gasteiger partial charge in [0, 0.05) is 25.3 Å². The van der Waals surface area contributed by atoms with E-state index in [4.69, 9.17) is 12.2 Å². The lowest BCUT2D eigenvalue weighted by Gasteiger charge is -2.24. The maximum absolute atomic E-state index is 5.54. The van der Waals surface area contributed by atoms with Crippen LogP contribution in [-0.2, 0) is 0 Å². The summed E-state index contributed by atoms with van der Waals surface area (Å²) in [5.74, 6) is 0. The number of hydrogen-bond acceptors (Lipinski definition) is 2. The zero-order valence-electron chi connectivity index (χ0n) is 12.1. The van der Waals surface area contributed by atoms with E-state index in [0.717, 1.165) is 37.0 Å². The quantitative estimate of drug-likeness (QED) is 0.795. The summed E-state index contributed by atoms with van der Waals surface area (Å²) in [6.07, 6.45) is 1.17. The maximum Gasteiger partial charge on any atom is 0.173 e. The van der Waals surface area contributed by atoms with E-state index in [0.29, 0.717) is 0 Å². The fraction of sp³-hybridized carbons (Fsp3) is 0.533. The van der Waals surface area contributed by atoms with E-state index in [1.54, 1.807) is 0 Å². The van der Waals surface area contributed by atoms with Crippen LogP contribution < -0.4 is 5.32 Å². The van der Waals surface area contributed by atoms with Crippen LogP contribution in [0, 0.1) is 13.8 Å². The van der Waals surface area contributed by atoms with Crippen LogP contribution in [0.15, 0.2) is 18.2 Å². The lowest BCUT2D eigenvalue weighted by atomic mass is 10.1. The van der Waals surface area contributed by atoms with Crippen molar-refractivity contribution in [2.45, 2.75) is 20.3 Å². The normalized spacial score (nSPS) is 17.1. The number of likely N-dealkylation sites (N-methyl/N-ethyl adjacent to an activating group) is 1. The number of aryl methyl sites for hydroxylation is 2. The van der Waals surface area contributed by atoms with Gasteiger partial charge < -0.3 is 15.1 Å². The Bertz CT molecular complexity index is 438.